The van der Waals surface area contributed by atoms with Gasteiger partial charge in [-0.2, -0.15) is 0 Å². The molecule has 9 nitrogen and oxygen atoms in total. The molecule has 0 aliphatic heterocycles. The lowest BCUT2D eigenvalue weighted by Gasteiger charge is -2.07. The topological polar surface area (TPSA) is 135 Å². The summed E-state index contributed by atoms with van der Waals surface area (Å²) in [5, 5.41) is 19.6. The van der Waals surface area contributed by atoms with Crippen LogP contribution in [-0.4, -0.2) is 33.1 Å². The van der Waals surface area contributed by atoms with E-state index in [9.17, 15) is 19.7 Å². The molecule has 0 spiro atoms. The summed E-state index contributed by atoms with van der Waals surface area (Å²) in [6.45, 7) is 0. The molecule has 108 valence electrons. The third-order valence-electron chi connectivity index (χ3n) is 2.68. The Morgan fingerprint density at radius 2 is 2.19 bits per heavy atom. The predicted octanol–water partition coefficient (Wildman–Crippen LogP) is 1.05. The van der Waals surface area contributed by atoms with Crippen LogP contribution in [0.3, 0.4) is 0 Å². The van der Waals surface area contributed by atoms with E-state index in [0.29, 0.717) is 0 Å². The normalized spacial score (nSPS) is 10.1. The molecule has 0 aliphatic carbocycles. The number of ether oxygens (including phenoxy) is 1. The van der Waals surface area contributed by atoms with E-state index in [0.717, 1.165) is 6.20 Å². The summed E-state index contributed by atoms with van der Waals surface area (Å²) < 4.78 is 5.05. The highest BCUT2D eigenvalue weighted by Gasteiger charge is 2.16. The number of nitro groups is 1. The van der Waals surface area contributed by atoms with Crippen molar-refractivity contribution < 1.29 is 19.6 Å². The minimum atomic E-state index is -1.42. The number of aromatic carboxylic acids is 1. The zero-order chi connectivity index (χ0) is 15.6. The van der Waals surface area contributed by atoms with Gasteiger partial charge in [-0.05, 0) is 6.07 Å². The van der Waals surface area contributed by atoms with Gasteiger partial charge >= 0.3 is 5.97 Å². The van der Waals surface area contributed by atoms with Gasteiger partial charge in [-0.1, -0.05) is 0 Å². The number of non-ortho nitro benzene ring substituents is 1. The van der Waals surface area contributed by atoms with Crippen molar-refractivity contribution in [3.8, 4) is 17.1 Å². The second kappa shape index (κ2) is 5.41. The number of rotatable bonds is 4. The molecule has 9 heteroatoms. The number of hydrogen-bond donors (Lipinski definition) is 2. The molecule has 0 aliphatic rings. The quantitative estimate of drug-likeness (QED) is 0.634. The van der Waals surface area contributed by atoms with Crippen LogP contribution in [0.5, 0.6) is 5.75 Å². The maximum absolute atomic E-state index is 11.6. The van der Waals surface area contributed by atoms with Crippen molar-refractivity contribution in [2.75, 3.05) is 7.11 Å². The Labute approximate surface area is 117 Å². The molecule has 2 N–H and O–H groups in total. The molecule has 0 saturated heterocycles. The molecule has 0 saturated carbocycles. The summed E-state index contributed by atoms with van der Waals surface area (Å²) in [6.07, 6.45) is 0.884. The van der Waals surface area contributed by atoms with Crippen LogP contribution in [0, 0.1) is 10.1 Å². The van der Waals surface area contributed by atoms with Crippen LogP contribution < -0.4 is 10.3 Å². The lowest BCUT2D eigenvalue weighted by molar-refractivity contribution is -0.384. The first kappa shape index (κ1) is 14.2. The number of benzene rings is 1. The first-order valence-electron chi connectivity index (χ1n) is 5.59. The number of aromatic nitrogens is 2. The minimum Gasteiger partial charge on any atom is -0.496 e. The highest BCUT2D eigenvalue weighted by molar-refractivity contribution is 5.87. The molecule has 21 heavy (non-hydrogen) atoms. The highest BCUT2D eigenvalue weighted by atomic mass is 16.6. The Balaban J connectivity index is 2.62. The van der Waals surface area contributed by atoms with Crippen molar-refractivity contribution in [1.29, 1.82) is 0 Å². The van der Waals surface area contributed by atoms with E-state index >= 15 is 0 Å². The van der Waals surface area contributed by atoms with E-state index in [1.165, 1.54) is 25.3 Å². The fraction of sp³-hybridized carbons (Fsp3) is 0.0833. The maximum atomic E-state index is 11.6. The van der Waals surface area contributed by atoms with Crippen LogP contribution in [0.15, 0.2) is 29.2 Å². The Kier molecular flexibility index (Phi) is 3.65. The number of nitrogens with one attached hydrogen (secondary N) is 1. The number of carboxylic acids is 1. The molecule has 2 aromatic rings. The van der Waals surface area contributed by atoms with Gasteiger partial charge in [-0.3, -0.25) is 14.9 Å². The van der Waals surface area contributed by atoms with Crippen LogP contribution in [0.1, 0.15) is 10.4 Å². The number of aromatic amines is 1. The van der Waals surface area contributed by atoms with Gasteiger partial charge in [0.1, 0.15) is 17.1 Å². The standard InChI is InChI=1S/C12H9N3O6/c1-21-9-3-2-6(15(19)20)4-7(9)10-13-5-8(12(17)18)11(16)14-10/h2-5H,1H3,(H,17,18)(H,13,14,16). The number of methoxy groups -OCH3 is 1. The number of carboxylic acid groups (broad SMARTS) is 1. The summed E-state index contributed by atoms with van der Waals surface area (Å²) in [5.74, 6) is -1.18. The fourth-order valence-corrected chi connectivity index (χ4v) is 1.68. The average Bonchev–Trinajstić information content (AvgIpc) is 2.45. The third kappa shape index (κ3) is 2.71. The van der Waals surface area contributed by atoms with E-state index in [1.807, 2.05) is 0 Å². The number of nitrogens with zero attached hydrogens (tertiary/aromatic N) is 2. The monoisotopic (exact) mass is 291 g/mol. The SMILES string of the molecule is COc1ccc([N+](=O)[O-])cc1-c1ncc(C(=O)O)c(=O)[nH]1. The molecule has 0 fully saturated rings. The molecule has 0 unspecified atom stereocenters. The maximum Gasteiger partial charge on any atom is 0.342 e. The molecule has 1 aromatic carbocycles. The van der Waals surface area contributed by atoms with Crippen molar-refractivity contribution in [2.45, 2.75) is 0 Å². The van der Waals surface area contributed by atoms with Gasteiger partial charge in [0.15, 0.2) is 0 Å². The molecule has 2 rings (SSSR count). The molecular formula is C12H9N3O6. The number of hydrogen-bond acceptors (Lipinski definition) is 6. The number of nitro benzene ring substituents is 1. The van der Waals surface area contributed by atoms with E-state index < -0.39 is 22.0 Å². The summed E-state index contributed by atoms with van der Waals surface area (Å²) in [4.78, 5) is 38.6. The van der Waals surface area contributed by atoms with Crippen LogP contribution in [0.25, 0.3) is 11.4 Å². The third-order valence-corrected chi connectivity index (χ3v) is 2.68. The van der Waals surface area contributed by atoms with Gasteiger partial charge in [0, 0.05) is 18.3 Å². The minimum absolute atomic E-state index is 0.0226. The van der Waals surface area contributed by atoms with Gasteiger partial charge < -0.3 is 14.8 Å². The van der Waals surface area contributed by atoms with Gasteiger partial charge in [0.25, 0.3) is 11.2 Å². The summed E-state index contributed by atoms with van der Waals surface area (Å²) in [6, 6.07) is 3.78. The molecular weight excluding hydrogens is 282 g/mol. The molecule has 1 aromatic heterocycles. The smallest absolute Gasteiger partial charge is 0.342 e. The summed E-state index contributed by atoms with van der Waals surface area (Å²) >= 11 is 0. The zero-order valence-electron chi connectivity index (χ0n) is 10.7. The van der Waals surface area contributed by atoms with Gasteiger partial charge in [0.05, 0.1) is 17.6 Å². The van der Waals surface area contributed by atoms with E-state index in [4.69, 9.17) is 9.84 Å². The number of carbonyl (C=O) groups is 1. The summed E-state index contributed by atoms with van der Waals surface area (Å²) in [7, 11) is 1.36. The first-order valence-corrected chi connectivity index (χ1v) is 5.59. The Morgan fingerprint density at radius 3 is 2.71 bits per heavy atom. The van der Waals surface area contributed by atoms with Gasteiger partial charge in [-0.25, -0.2) is 9.78 Å². The van der Waals surface area contributed by atoms with Crippen molar-refractivity contribution in [3.05, 3.63) is 50.4 Å². The summed E-state index contributed by atoms with van der Waals surface area (Å²) in [5.41, 5.74) is -1.42. The van der Waals surface area contributed by atoms with E-state index in [2.05, 4.69) is 9.97 Å². The molecule has 0 atom stereocenters. The largest absolute Gasteiger partial charge is 0.496 e. The highest BCUT2D eigenvalue weighted by Crippen LogP contribution is 2.30. The van der Waals surface area contributed by atoms with Crippen molar-refractivity contribution in [1.82, 2.24) is 9.97 Å². The van der Waals surface area contributed by atoms with Crippen molar-refractivity contribution in [2.24, 2.45) is 0 Å². The molecule has 0 radical (unpaired) electrons. The Morgan fingerprint density at radius 1 is 1.48 bits per heavy atom. The average molecular weight is 291 g/mol. The van der Waals surface area contributed by atoms with E-state index in [1.54, 1.807) is 0 Å². The zero-order valence-corrected chi connectivity index (χ0v) is 10.7. The molecule has 0 amide bonds. The second-order valence-electron chi connectivity index (χ2n) is 3.92. The Bertz CT molecular complexity index is 783. The molecule has 0 bridgehead atoms. The first-order chi connectivity index (χ1) is 9.93. The molecule has 1 heterocycles. The predicted molar refractivity (Wildman–Crippen MR) is 70.5 cm³/mol. The lowest BCUT2D eigenvalue weighted by atomic mass is 10.1. The van der Waals surface area contributed by atoms with Crippen molar-refractivity contribution in [3.63, 3.8) is 0 Å². The van der Waals surface area contributed by atoms with Crippen LogP contribution in [-0.2, 0) is 0 Å². The van der Waals surface area contributed by atoms with Crippen molar-refractivity contribution >= 4 is 11.7 Å². The van der Waals surface area contributed by atoms with E-state index in [-0.39, 0.29) is 22.8 Å². The lowest BCUT2D eigenvalue weighted by Crippen LogP contribution is -2.18. The second-order valence-corrected chi connectivity index (χ2v) is 3.92. The fourth-order valence-electron chi connectivity index (χ4n) is 1.68. The number of H-pyrrole nitrogens is 1. The van der Waals surface area contributed by atoms with Crippen LogP contribution in [0.2, 0.25) is 0 Å². The van der Waals surface area contributed by atoms with Gasteiger partial charge in [0.2, 0.25) is 0 Å². The van der Waals surface area contributed by atoms with Gasteiger partial charge in [-0.15, -0.1) is 0 Å². The van der Waals surface area contributed by atoms with Crippen LogP contribution in [0.4, 0.5) is 5.69 Å². The Hall–Kier alpha value is -3.23. The van der Waals surface area contributed by atoms with Crippen LogP contribution >= 0.6 is 0 Å².